The third-order valence-electron chi connectivity index (χ3n) is 4.69. The molecule has 1 aromatic rings. The predicted molar refractivity (Wildman–Crippen MR) is 143 cm³/mol. The molecule has 0 aliphatic rings. The van der Waals surface area contributed by atoms with Crippen molar-refractivity contribution in [2.45, 2.75) is 12.7 Å². The molecule has 1 rings (SSSR count). The second kappa shape index (κ2) is 16.3. The fourth-order valence-electron chi connectivity index (χ4n) is 3.18. The molecule has 0 spiro atoms. The van der Waals surface area contributed by atoms with E-state index in [9.17, 15) is 14.2 Å². The Morgan fingerprint density at radius 2 is 1.44 bits per heavy atom. The number of rotatable bonds is 17. The summed E-state index contributed by atoms with van der Waals surface area (Å²) in [7, 11) is -3.42. The van der Waals surface area contributed by atoms with Crippen LogP contribution in [-0.4, -0.2) is 71.1 Å². The molecule has 186 valence electrons. The van der Waals surface area contributed by atoms with Crippen molar-refractivity contribution in [3.63, 3.8) is 0 Å². The summed E-state index contributed by atoms with van der Waals surface area (Å²) in [6, 6.07) is 9.55. The highest BCUT2D eigenvalue weighted by atomic mass is 32.2. The summed E-state index contributed by atoms with van der Waals surface area (Å²) in [5.41, 5.74) is 0.972. The Balaban J connectivity index is 3.33. The number of hydrogen-bond donors (Lipinski definition) is 0. The van der Waals surface area contributed by atoms with E-state index in [4.69, 9.17) is 4.74 Å². The minimum atomic E-state index is -3.42. The first kappa shape index (κ1) is 29.7. The Morgan fingerprint density at radius 1 is 0.941 bits per heavy atom. The number of esters is 1. The van der Waals surface area contributed by atoms with Crippen LogP contribution in [-0.2, 0) is 19.8 Å². The molecule has 0 fully saturated rings. The molecule has 0 bridgehead atoms. The van der Waals surface area contributed by atoms with E-state index in [0.29, 0.717) is 31.9 Å². The van der Waals surface area contributed by atoms with Gasteiger partial charge in [0, 0.05) is 31.9 Å². The van der Waals surface area contributed by atoms with E-state index in [-0.39, 0.29) is 24.7 Å². The third kappa shape index (κ3) is 9.47. The van der Waals surface area contributed by atoms with Crippen molar-refractivity contribution in [2.24, 2.45) is 0 Å². The fourth-order valence-corrected chi connectivity index (χ4v) is 6.94. The normalized spacial score (nSPS) is 11.1. The minimum Gasteiger partial charge on any atom is -0.465 e. The maximum absolute atomic E-state index is 14.6. The zero-order valence-corrected chi connectivity index (χ0v) is 21.7. The van der Waals surface area contributed by atoms with E-state index in [1.807, 2.05) is 30.3 Å². The average molecular weight is 506 g/mol. The summed E-state index contributed by atoms with van der Waals surface area (Å²) in [5.74, 6) is -0.129. The largest absolute Gasteiger partial charge is 0.465 e. The molecule has 0 saturated heterocycles. The number of nitrogens with zero attached hydrogens (tertiary/aromatic N) is 3. The number of thioether (sulfide) groups is 1. The van der Waals surface area contributed by atoms with Crippen LogP contribution in [0.5, 0.6) is 0 Å². The van der Waals surface area contributed by atoms with E-state index in [0.717, 1.165) is 17.3 Å². The molecule has 0 aliphatic carbocycles. The lowest BCUT2D eigenvalue weighted by molar-refractivity contribution is -0.143. The van der Waals surface area contributed by atoms with Crippen molar-refractivity contribution < 1.29 is 18.9 Å². The molecule has 0 unspecified atom stereocenters. The van der Waals surface area contributed by atoms with Gasteiger partial charge in [0.05, 0.1) is 6.61 Å². The molecule has 0 radical (unpaired) electrons. The summed E-state index contributed by atoms with van der Waals surface area (Å²) in [5, 5.41) is -0.355. The zero-order valence-electron chi connectivity index (χ0n) is 20.0. The lowest BCUT2D eigenvalue weighted by Gasteiger charge is -2.40. The summed E-state index contributed by atoms with van der Waals surface area (Å²) < 4.78 is 23.2. The zero-order chi connectivity index (χ0) is 25.4. The molecular formula is C25H36N3O4PS. The first-order valence-electron chi connectivity index (χ1n) is 11.0. The Labute approximate surface area is 208 Å². The van der Waals surface area contributed by atoms with Gasteiger partial charge in [-0.25, -0.2) is 9.34 Å². The Morgan fingerprint density at radius 3 is 1.88 bits per heavy atom. The molecule has 1 aromatic carbocycles. The van der Waals surface area contributed by atoms with Gasteiger partial charge in [-0.15, -0.1) is 26.3 Å². The van der Waals surface area contributed by atoms with Gasteiger partial charge >= 0.3 is 5.97 Å². The number of carbonyl (C=O) groups excluding carboxylic acids is 2. The van der Waals surface area contributed by atoms with E-state index in [2.05, 4.69) is 26.3 Å². The van der Waals surface area contributed by atoms with Crippen LogP contribution in [0.4, 0.5) is 4.79 Å². The second-order valence-electron chi connectivity index (χ2n) is 7.25. The van der Waals surface area contributed by atoms with Crippen molar-refractivity contribution in [3.05, 3.63) is 86.5 Å². The minimum absolute atomic E-state index is 0.171. The lowest BCUT2D eigenvalue weighted by atomic mass is 10.2. The second-order valence-corrected chi connectivity index (χ2v) is 10.9. The van der Waals surface area contributed by atoms with E-state index < -0.39 is 13.4 Å². The maximum atomic E-state index is 14.6. The van der Waals surface area contributed by atoms with Gasteiger partial charge in [0.25, 0.3) is 5.24 Å². The Bertz CT molecular complexity index is 830. The van der Waals surface area contributed by atoms with Crippen molar-refractivity contribution in [2.75, 3.05) is 45.6 Å². The van der Waals surface area contributed by atoms with Gasteiger partial charge in [-0.05, 0) is 12.5 Å². The smallest absolute Gasteiger partial charge is 0.325 e. The van der Waals surface area contributed by atoms with Gasteiger partial charge in [0.15, 0.2) is 0 Å². The van der Waals surface area contributed by atoms with Gasteiger partial charge in [-0.2, -0.15) is 0 Å². The predicted octanol–water partition coefficient (Wildman–Crippen LogP) is 5.40. The average Bonchev–Trinajstić information content (AvgIpc) is 2.82. The molecule has 0 N–H and O–H groups in total. The monoisotopic (exact) mass is 505 g/mol. The van der Waals surface area contributed by atoms with E-state index in [1.165, 1.54) is 4.90 Å². The van der Waals surface area contributed by atoms with Crippen LogP contribution in [0.3, 0.4) is 0 Å². The molecule has 1 amide bonds. The molecule has 7 nitrogen and oxygen atoms in total. The van der Waals surface area contributed by atoms with Crippen LogP contribution < -0.4 is 0 Å². The van der Waals surface area contributed by atoms with Crippen molar-refractivity contribution in [1.82, 2.24) is 14.2 Å². The van der Waals surface area contributed by atoms with Gasteiger partial charge in [-0.1, -0.05) is 66.4 Å². The number of ether oxygens (including phenoxy) is 1. The molecule has 0 heterocycles. The van der Waals surface area contributed by atoms with Gasteiger partial charge in [0.1, 0.15) is 12.8 Å². The Hall–Kier alpha value is -2.38. The van der Waals surface area contributed by atoms with Crippen molar-refractivity contribution >= 4 is 30.4 Å². The molecule has 0 saturated carbocycles. The summed E-state index contributed by atoms with van der Waals surface area (Å²) >= 11 is 1.06. The standard InChI is InChI=1S/C25H36N3O4PS/c1-6-16-27(17-7-2)33(31,28(18-8-3)19-9-4)22-26(20-24(29)32-10-5)25(30)34-21-23-14-12-11-13-15-23/h6-9,11-15H,1-4,10,16-22H2,5H3. The molecular weight excluding hydrogens is 469 g/mol. The number of benzene rings is 1. The summed E-state index contributed by atoms with van der Waals surface area (Å²) in [6.07, 6.45) is 6.43. The van der Waals surface area contributed by atoms with Crippen LogP contribution >= 0.6 is 19.2 Å². The van der Waals surface area contributed by atoms with Crippen LogP contribution in [0.1, 0.15) is 12.5 Å². The maximum Gasteiger partial charge on any atom is 0.325 e. The number of carbonyl (C=O) groups is 2. The fraction of sp³-hybridized carbons (Fsp3) is 0.360. The molecule has 34 heavy (non-hydrogen) atoms. The topological polar surface area (TPSA) is 70.2 Å². The quantitative estimate of drug-likeness (QED) is 0.159. The van der Waals surface area contributed by atoms with Crippen LogP contribution in [0.2, 0.25) is 0 Å². The van der Waals surface area contributed by atoms with Gasteiger partial charge in [0.2, 0.25) is 7.44 Å². The highest BCUT2D eigenvalue weighted by Gasteiger charge is 2.39. The van der Waals surface area contributed by atoms with Crippen molar-refractivity contribution in [1.29, 1.82) is 0 Å². The van der Waals surface area contributed by atoms with Crippen molar-refractivity contribution in [3.8, 4) is 0 Å². The van der Waals surface area contributed by atoms with Crippen LogP contribution in [0, 0.1) is 0 Å². The SMILES string of the molecule is C=CCN(CC=C)P(=O)(CN(CC(=O)OCC)C(=O)SCc1ccccc1)N(CC=C)CC=C. The van der Waals surface area contributed by atoms with Gasteiger partial charge < -0.3 is 9.64 Å². The highest BCUT2D eigenvalue weighted by molar-refractivity contribution is 8.12. The van der Waals surface area contributed by atoms with E-state index >= 15 is 0 Å². The number of hydrogen-bond acceptors (Lipinski definition) is 5. The van der Waals surface area contributed by atoms with Gasteiger partial charge in [-0.3, -0.25) is 14.2 Å². The molecule has 0 aromatic heterocycles. The highest BCUT2D eigenvalue weighted by Crippen LogP contribution is 2.53. The summed E-state index contributed by atoms with van der Waals surface area (Å²) in [4.78, 5) is 26.9. The van der Waals surface area contributed by atoms with Crippen LogP contribution in [0.15, 0.2) is 81.0 Å². The summed E-state index contributed by atoms with van der Waals surface area (Å²) in [6.45, 7) is 18.0. The first-order valence-corrected chi connectivity index (χ1v) is 13.8. The Kier molecular flexibility index (Phi) is 14.2. The lowest BCUT2D eigenvalue weighted by Crippen LogP contribution is -2.42. The number of amides is 1. The molecule has 9 heteroatoms. The molecule has 0 aliphatic heterocycles. The molecule has 0 atom stereocenters. The van der Waals surface area contributed by atoms with Crippen LogP contribution in [0.25, 0.3) is 0 Å². The van der Waals surface area contributed by atoms with E-state index in [1.54, 1.807) is 40.6 Å². The third-order valence-corrected chi connectivity index (χ3v) is 8.80. The first-order chi connectivity index (χ1) is 16.4.